The van der Waals surface area contributed by atoms with Crippen LogP contribution in [-0.4, -0.2) is 8.07 Å². The number of para-hydroxylation sites is 1. The van der Waals surface area contributed by atoms with E-state index in [2.05, 4.69) is 97.5 Å². The molecular weight excluding hydrogens is 344 g/mol. The van der Waals surface area contributed by atoms with Crippen LogP contribution in [0.2, 0.25) is 6.55 Å². The van der Waals surface area contributed by atoms with Gasteiger partial charge in [-0.2, -0.15) is 0 Å². The number of hydrogen-bond donors (Lipinski definition) is 0. The summed E-state index contributed by atoms with van der Waals surface area (Å²) < 4.78 is 6.18. The summed E-state index contributed by atoms with van der Waals surface area (Å²) in [6, 6.07) is 36.9. The van der Waals surface area contributed by atoms with Crippen LogP contribution in [0.25, 0.3) is 21.9 Å². The predicted octanol–water partition coefficient (Wildman–Crippen LogP) is 4.69. The van der Waals surface area contributed by atoms with Gasteiger partial charge >= 0.3 is 0 Å². The van der Waals surface area contributed by atoms with E-state index in [1.54, 1.807) is 0 Å². The first kappa shape index (κ1) is 16.1. The van der Waals surface area contributed by atoms with Crippen LogP contribution in [0, 0.1) is 0 Å². The standard InChI is InChI=1S/C25H20OSi/c1-27(19-10-4-2-5-11-19,20-12-6-3-7-13-20)21-16-17-23-22-14-8-9-15-24(22)26-25(23)18-21/h2-18H,1H3. The van der Waals surface area contributed by atoms with Gasteiger partial charge in [-0.25, -0.2) is 0 Å². The van der Waals surface area contributed by atoms with E-state index in [1.165, 1.54) is 26.3 Å². The van der Waals surface area contributed by atoms with E-state index in [0.29, 0.717) is 0 Å². The second-order valence-electron chi connectivity index (χ2n) is 7.17. The Morgan fingerprint density at radius 3 is 1.74 bits per heavy atom. The minimum Gasteiger partial charge on any atom is -0.456 e. The fraction of sp³-hybridized carbons (Fsp3) is 0.0400. The molecule has 0 fully saturated rings. The maximum Gasteiger partial charge on any atom is 0.145 e. The van der Waals surface area contributed by atoms with Crippen LogP contribution in [-0.2, 0) is 0 Å². The van der Waals surface area contributed by atoms with Crippen molar-refractivity contribution in [3.05, 3.63) is 103 Å². The smallest absolute Gasteiger partial charge is 0.145 e. The first-order valence-corrected chi connectivity index (χ1v) is 11.8. The van der Waals surface area contributed by atoms with Gasteiger partial charge in [0.25, 0.3) is 0 Å². The summed E-state index contributed by atoms with van der Waals surface area (Å²) in [6.07, 6.45) is 0. The van der Waals surface area contributed by atoms with Crippen LogP contribution < -0.4 is 15.6 Å². The molecule has 1 aromatic heterocycles. The van der Waals surface area contributed by atoms with Crippen molar-refractivity contribution in [2.75, 3.05) is 0 Å². The fourth-order valence-electron chi connectivity index (χ4n) is 4.08. The van der Waals surface area contributed by atoms with E-state index in [0.717, 1.165) is 11.2 Å². The molecule has 0 spiro atoms. The molecule has 0 aliphatic heterocycles. The Morgan fingerprint density at radius 1 is 0.519 bits per heavy atom. The molecule has 1 heterocycles. The van der Waals surface area contributed by atoms with Crippen LogP contribution in [0.4, 0.5) is 0 Å². The fourth-order valence-corrected chi connectivity index (χ4v) is 7.63. The highest BCUT2D eigenvalue weighted by molar-refractivity contribution is 7.10. The summed E-state index contributed by atoms with van der Waals surface area (Å²) in [5.74, 6) is 0. The molecule has 0 bridgehead atoms. The monoisotopic (exact) mass is 364 g/mol. The van der Waals surface area contributed by atoms with E-state index >= 15 is 0 Å². The molecule has 0 atom stereocenters. The van der Waals surface area contributed by atoms with Crippen molar-refractivity contribution in [1.82, 2.24) is 0 Å². The highest BCUT2D eigenvalue weighted by Crippen LogP contribution is 2.28. The van der Waals surface area contributed by atoms with E-state index < -0.39 is 8.07 Å². The van der Waals surface area contributed by atoms with Gasteiger partial charge in [-0.05, 0) is 27.7 Å². The molecule has 5 aromatic rings. The topological polar surface area (TPSA) is 13.1 Å². The van der Waals surface area contributed by atoms with Gasteiger partial charge in [0.05, 0.1) is 0 Å². The number of benzene rings is 4. The Labute approximate surface area is 159 Å². The van der Waals surface area contributed by atoms with Crippen molar-refractivity contribution >= 4 is 45.6 Å². The molecule has 0 amide bonds. The average Bonchev–Trinajstić information content (AvgIpc) is 3.12. The zero-order valence-electron chi connectivity index (χ0n) is 15.2. The van der Waals surface area contributed by atoms with Gasteiger partial charge < -0.3 is 4.42 Å². The van der Waals surface area contributed by atoms with E-state index in [9.17, 15) is 0 Å². The molecule has 130 valence electrons. The van der Waals surface area contributed by atoms with Gasteiger partial charge in [-0.3, -0.25) is 0 Å². The number of hydrogen-bond acceptors (Lipinski definition) is 1. The second kappa shape index (κ2) is 6.25. The molecule has 0 unspecified atom stereocenters. The zero-order chi connectivity index (χ0) is 18.3. The molecule has 5 rings (SSSR count). The SMILES string of the molecule is C[Si](c1ccccc1)(c1ccccc1)c1ccc2c(c1)oc1ccccc12. The Hall–Kier alpha value is -3.10. The maximum atomic E-state index is 6.18. The largest absolute Gasteiger partial charge is 0.456 e. The third-order valence-corrected chi connectivity index (χ3v) is 10.1. The van der Waals surface area contributed by atoms with Crippen molar-refractivity contribution in [2.45, 2.75) is 6.55 Å². The van der Waals surface area contributed by atoms with Gasteiger partial charge in [0, 0.05) is 10.8 Å². The molecule has 2 heteroatoms. The highest BCUT2D eigenvalue weighted by atomic mass is 28.3. The van der Waals surface area contributed by atoms with E-state index in [1.807, 2.05) is 12.1 Å². The lowest BCUT2D eigenvalue weighted by Crippen LogP contribution is -2.64. The normalized spacial score (nSPS) is 11.9. The summed E-state index contributed by atoms with van der Waals surface area (Å²) >= 11 is 0. The van der Waals surface area contributed by atoms with Crippen molar-refractivity contribution in [3.63, 3.8) is 0 Å². The van der Waals surface area contributed by atoms with Gasteiger partial charge in [-0.1, -0.05) is 97.5 Å². The van der Waals surface area contributed by atoms with Crippen LogP contribution >= 0.6 is 0 Å². The van der Waals surface area contributed by atoms with Crippen molar-refractivity contribution in [3.8, 4) is 0 Å². The van der Waals surface area contributed by atoms with Gasteiger partial charge in [0.15, 0.2) is 0 Å². The van der Waals surface area contributed by atoms with Crippen molar-refractivity contribution in [2.24, 2.45) is 0 Å². The molecule has 1 nitrogen and oxygen atoms in total. The molecule has 0 radical (unpaired) electrons. The number of rotatable bonds is 3. The quantitative estimate of drug-likeness (QED) is 0.334. The molecule has 0 saturated carbocycles. The minimum absolute atomic E-state index is 0.951. The molecule has 4 aromatic carbocycles. The Balaban J connectivity index is 1.78. The lowest BCUT2D eigenvalue weighted by molar-refractivity contribution is 0.669. The minimum atomic E-state index is -2.10. The van der Waals surface area contributed by atoms with Crippen LogP contribution in [0.3, 0.4) is 0 Å². The Kier molecular flexibility index (Phi) is 3.73. The summed E-state index contributed by atoms with van der Waals surface area (Å²) in [5.41, 5.74) is 1.92. The summed E-state index contributed by atoms with van der Waals surface area (Å²) in [6.45, 7) is 2.43. The van der Waals surface area contributed by atoms with Gasteiger partial charge in [0.2, 0.25) is 0 Å². The van der Waals surface area contributed by atoms with E-state index in [4.69, 9.17) is 4.42 Å². The Morgan fingerprint density at radius 2 is 1.07 bits per heavy atom. The Bertz CT molecular complexity index is 1180. The first-order chi connectivity index (χ1) is 13.3. The lowest BCUT2D eigenvalue weighted by atomic mass is 10.1. The predicted molar refractivity (Wildman–Crippen MR) is 117 cm³/mol. The zero-order valence-corrected chi connectivity index (χ0v) is 16.2. The molecular formula is C25H20OSi. The van der Waals surface area contributed by atoms with Crippen LogP contribution in [0.1, 0.15) is 0 Å². The lowest BCUT2D eigenvalue weighted by Gasteiger charge is -2.29. The molecule has 0 saturated heterocycles. The molecule has 27 heavy (non-hydrogen) atoms. The molecule has 0 aliphatic carbocycles. The first-order valence-electron chi connectivity index (χ1n) is 9.29. The third kappa shape index (κ3) is 2.53. The molecule has 0 aliphatic rings. The van der Waals surface area contributed by atoms with Crippen molar-refractivity contribution in [1.29, 1.82) is 0 Å². The highest BCUT2D eigenvalue weighted by Gasteiger charge is 2.34. The third-order valence-electron chi connectivity index (χ3n) is 5.66. The number of furan rings is 1. The van der Waals surface area contributed by atoms with Crippen molar-refractivity contribution < 1.29 is 4.42 Å². The average molecular weight is 365 g/mol. The molecule has 0 N–H and O–H groups in total. The number of fused-ring (bicyclic) bond motifs is 3. The van der Waals surface area contributed by atoms with Crippen LogP contribution in [0.5, 0.6) is 0 Å². The maximum absolute atomic E-state index is 6.18. The summed E-state index contributed by atoms with van der Waals surface area (Å²) in [5, 5.41) is 6.55. The van der Waals surface area contributed by atoms with Gasteiger partial charge in [-0.15, -0.1) is 0 Å². The second-order valence-corrected chi connectivity index (χ2v) is 11.1. The van der Waals surface area contributed by atoms with E-state index in [-0.39, 0.29) is 0 Å². The summed E-state index contributed by atoms with van der Waals surface area (Å²) in [7, 11) is -2.10. The summed E-state index contributed by atoms with van der Waals surface area (Å²) in [4.78, 5) is 0. The van der Waals surface area contributed by atoms with Gasteiger partial charge in [0.1, 0.15) is 19.2 Å². The van der Waals surface area contributed by atoms with Crippen LogP contribution in [0.15, 0.2) is 108 Å².